The van der Waals surface area contributed by atoms with Gasteiger partial charge in [0.25, 0.3) is 5.91 Å². The number of hydrogen-bond donors (Lipinski definition) is 2. The lowest BCUT2D eigenvalue weighted by molar-refractivity contribution is -0.133. The summed E-state index contributed by atoms with van der Waals surface area (Å²) >= 11 is 0. The van der Waals surface area contributed by atoms with E-state index >= 15 is 0 Å². The van der Waals surface area contributed by atoms with Crippen LogP contribution in [0.25, 0.3) is 0 Å². The van der Waals surface area contributed by atoms with Gasteiger partial charge in [-0.2, -0.15) is 0 Å². The number of hydrogen-bond acceptors (Lipinski definition) is 4. The summed E-state index contributed by atoms with van der Waals surface area (Å²) in [5.74, 6) is -0.646. The first-order valence-corrected chi connectivity index (χ1v) is 5.61. The van der Waals surface area contributed by atoms with Gasteiger partial charge in [-0.15, -0.1) is 0 Å². The molecule has 0 saturated carbocycles. The number of amides is 2. The van der Waals surface area contributed by atoms with E-state index in [4.69, 9.17) is 10.5 Å². The molecule has 96 valence electrons. The SMILES string of the molecule is CN=C(C)C(=O)NCC1(C(N)=O)CCOCC1. The summed E-state index contributed by atoms with van der Waals surface area (Å²) < 4.78 is 5.21. The molecule has 1 aliphatic rings. The second-order valence-electron chi connectivity index (χ2n) is 4.25. The Morgan fingerprint density at radius 2 is 2.00 bits per heavy atom. The van der Waals surface area contributed by atoms with E-state index in [9.17, 15) is 9.59 Å². The zero-order valence-corrected chi connectivity index (χ0v) is 10.3. The van der Waals surface area contributed by atoms with E-state index < -0.39 is 5.41 Å². The van der Waals surface area contributed by atoms with Gasteiger partial charge >= 0.3 is 0 Å². The molecule has 0 spiro atoms. The van der Waals surface area contributed by atoms with Gasteiger partial charge in [0.05, 0.1) is 11.1 Å². The van der Waals surface area contributed by atoms with Gasteiger partial charge in [0.15, 0.2) is 0 Å². The Balaban J connectivity index is 2.62. The average Bonchev–Trinajstić information content (AvgIpc) is 2.35. The van der Waals surface area contributed by atoms with Gasteiger partial charge in [-0.05, 0) is 19.8 Å². The number of nitrogens with zero attached hydrogens (tertiary/aromatic N) is 1. The molecule has 2 amide bonds. The Morgan fingerprint density at radius 3 is 2.47 bits per heavy atom. The molecule has 6 heteroatoms. The van der Waals surface area contributed by atoms with Gasteiger partial charge in [-0.1, -0.05) is 0 Å². The van der Waals surface area contributed by atoms with E-state index in [-0.39, 0.29) is 18.4 Å². The Labute approximate surface area is 101 Å². The Kier molecular flexibility index (Phi) is 4.62. The second-order valence-corrected chi connectivity index (χ2v) is 4.25. The predicted molar refractivity (Wildman–Crippen MR) is 63.7 cm³/mol. The van der Waals surface area contributed by atoms with E-state index in [1.165, 1.54) is 0 Å². The first kappa shape index (κ1) is 13.6. The minimum absolute atomic E-state index is 0.247. The largest absolute Gasteiger partial charge is 0.381 e. The molecule has 1 aliphatic heterocycles. The lowest BCUT2D eigenvalue weighted by Crippen LogP contribution is -2.50. The van der Waals surface area contributed by atoms with E-state index in [1.54, 1.807) is 14.0 Å². The van der Waals surface area contributed by atoms with Crippen molar-refractivity contribution in [1.29, 1.82) is 0 Å². The number of aliphatic imine (C=N–C) groups is 1. The summed E-state index contributed by atoms with van der Waals surface area (Å²) in [6.45, 7) is 2.87. The van der Waals surface area contributed by atoms with Gasteiger partial charge in [0, 0.05) is 26.8 Å². The number of ether oxygens (including phenoxy) is 1. The highest BCUT2D eigenvalue weighted by atomic mass is 16.5. The third kappa shape index (κ3) is 3.26. The number of carbonyl (C=O) groups is 2. The zero-order valence-electron chi connectivity index (χ0n) is 10.3. The maximum Gasteiger partial charge on any atom is 0.264 e. The van der Waals surface area contributed by atoms with Crippen molar-refractivity contribution in [3.63, 3.8) is 0 Å². The molecule has 0 aliphatic carbocycles. The number of rotatable bonds is 4. The highest BCUT2D eigenvalue weighted by Gasteiger charge is 2.38. The highest BCUT2D eigenvalue weighted by Crippen LogP contribution is 2.29. The first-order chi connectivity index (χ1) is 8.02. The van der Waals surface area contributed by atoms with Crippen molar-refractivity contribution in [2.75, 3.05) is 26.8 Å². The van der Waals surface area contributed by atoms with Crippen LogP contribution >= 0.6 is 0 Å². The van der Waals surface area contributed by atoms with Gasteiger partial charge in [0.1, 0.15) is 0 Å². The fraction of sp³-hybridized carbons (Fsp3) is 0.727. The van der Waals surface area contributed by atoms with Crippen LogP contribution in [0.2, 0.25) is 0 Å². The maximum absolute atomic E-state index is 11.6. The smallest absolute Gasteiger partial charge is 0.264 e. The maximum atomic E-state index is 11.6. The van der Waals surface area contributed by atoms with Crippen LogP contribution in [-0.4, -0.2) is 44.3 Å². The highest BCUT2D eigenvalue weighted by molar-refractivity contribution is 6.37. The van der Waals surface area contributed by atoms with Crippen molar-refractivity contribution < 1.29 is 14.3 Å². The minimum atomic E-state index is -0.679. The van der Waals surface area contributed by atoms with E-state index in [0.29, 0.717) is 31.8 Å². The van der Waals surface area contributed by atoms with Crippen LogP contribution in [-0.2, 0) is 14.3 Å². The van der Waals surface area contributed by atoms with E-state index in [1.807, 2.05) is 0 Å². The molecule has 6 nitrogen and oxygen atoms in total. The summed E-state index contributed by atoms with van der Waals surface area (Å²) in [4.78, 5) is 26.9. The molecule has 0 bridgehead atoms. The number of carbonyl (C=O) groups excluding carboxylic acids is 2. The summed E-state index contributed by atoms with van der Waals surface area (Å²) in [6.07, 6.45) is 1.09. The molecule has 3 N–H and O–H groups in total. The molecule has 0 radical (unpaired) electrons. The van der Waals surface area contributed by atoms with Gasteiger partial charge in [-0.3, -0.25) is 14.6 Å². The van der Waals surface area contributed by atoms with Crippen molar-refractivity contribution in [3.05, 3.63) is 0 Å². The minimum Gasteiger partial charge on any atom is -0.381 e. The molecular formula is C11H19N3O3. The van der Waals surface area contributed by atoms with Crippen molar-refractivity contribution in [1.82, 2.24) is 5.32 Å². The molecule has 0 atom stereocenters. The summed E-state index contributed by atoms with van der Waals surface area (Å²) in [5, 5.41) is 2.70. The number of primary amides is 1. The van der Waals surface area contributed by atoms with E-state index in [2.05, 4.69) is 10.3 Å². The third-order valence-electron chi connectivity index (χ3n) is 3.22. The van der Waals surface area contributed by atoms with Crippen molar-refractivity contribution in [3.8, 4) is 0 Å². The molecule has 1 rings (SSSR count). The Hall–Kier alpha value is -1.43. The molecular weight excluding hydrogens is 222 g/mol. The second kappa shape index (κ2) is 5.77. The number of nitrogens with two attached hydrogens (primary N) is 1. The Morgan fingerprint density at radius 1 is 1.41 bits per heavy atom. The average molecular weight is 241 g/mol. The molecule has 0 aromatic heterocycles. The summed E-state index contributed by atoms with van der Waals surface area (Å²) in [7, 11) is 1.55. The number of nitrogens with one attached hydrogen (secondary N) is 1. The van der Waals surface area contributed by atoms with Crippen LogP contribution in [0.4, 0.5) is 0 Å². The quantitative estimate of drug-likeness (QED) is 0.648. The Bertz CT molecular complexity index is 333. The molecule has 0 unspecified atom stereocenters. The summed E-state index contributed by atoms with van der Waals surface area (Å²) in [5.41, 5.74) is 5.13. The van der Waals surface area contributed by atoms with Gasteiger partial charge < -0.3 is 15.8 Å². The molecule has 1 heterocycles. The first-order valence-electron chi connectivity index (χ1n) is 5.61. The van der Waals surface area contributed by atoms with Gasteiger partial charge in [-0.25, -0.2) is 0 Å². The monoisotopic (exact) mass is 241 g/mol. The van der Waals surface area contributed by atoms with Gasteiger partial charge in [0.2, 0.25) is 5.91 Å². The topological polar surface area (TPSA) is 93.8 Å². The molecule has 1 fully saturated rings. The lowest BCUT2D eigenvalue weighted by Gasteiger charge is -2.34. The van der Waals surface area contributed by atoms with Crippen molar-refractivity contribution in [2.45, 2.75) is 19.8 Å². The standard InChI is InChI=1S/C11H19N3O3/c1-8(13-2)9(15)14-7-11(10(12)16)3-5-17-6-4-11/h3-7H2,1-2H3,(H2,12,16)(H,14,15). The van der Waals surface area contributed by atoms with E-state index in [0.717, 1.165) is 0 Å². The van der Waals surface area contributed by atoms with Crippen LogP contribution in [0.3, 0.4) is 0 Å². The van der Waals surface area contributed by atoms with Crippen LogP contribution in [0.15, 0.2) is 4.99 Å². The van der Waals surface area contributed by atoms with Crippen molar-refractivity contribution >= 4 is 17.5 Å². The summed E-state index contributed by atoms with van der Waals surface area (Å²) in [6, 6.07) is 0. The molecule has 1 saturated heterocycles. The normalized spacial score (nSPS) is 19.8. The fourth-order valence-electron chi connectivity index (χ4n) is 1.75. The van der Waals surface area contributed by atoms with Crippen molar-refractivity contribution in [2.24, 2.45) is 16.1 Å². The predicted octanol–water partition coefficient (Wildman–Crippen LogP) is -0.525. The fourth-order valence-corrected chi connectivity index (χ4v) is 1.75. The van der Waals surface area contributed by atoms with Crippen LogP contribution < -0.4 is 11.1 Å². The molecule has 0 aromatic rings. The molecule has 0 aromatic carbocycles. The van der Waals surface area contributed by atoms with Crippen LogP contribution in [0.5, 0.6) is 0 Å². The third-order valence-corrected chi connectivity index (χ3v) is 3.22. The van der Waals surface area contributed by atoms with Crippen LogP contribution in [0, 0.1) is 5.41 Å². The molecule has 17 heavy (non-hydrogen) atoms. The lowest BCUT2D eigenvalue weighted by atomic mass is 9.79. The van der Waals surface area contributed by atoms with Crippen LogP contribution in [0.1, 0.15) is 19.8 Å². The zero-order chi connectivity index (χ0) is 12.9.